The molecular formula is C11H10F5NO. The van der Waals surface area contributed by atoms with E-state index < -0.39 is 46.8 Å². The second-order valence-electron chi connectivity index (χ2n) is 3.98. The van der Waals surface area contributed by atoms with E-state index >= 15 is 0 Å². The van der Waals surface area contributed by atoms with Crippen molar-refractivity contribution in [2.75, 3.05) is 6.54 Å². The molecule has 0 bridgehead atoms. The van der Waals surface area contributed by atoms with Crippen molar-refractivity contribution in [1.82, 2.24) is 5.32 Å². The van der Waals surface area contributed by atoms with Crippen LogP contribution in [0.1, 0.15) is 25.9 Å². The number of aliphatic hydroxyl groups is 1. The first kappa shape index (κ1) is 11.9. The Bertz CT molecular complexity index is 487. The van der Waals surface area contributed by atoms with Crippen LogP contribution in [0, 0.1) is 29.1 Å². The number of nitrogens with one attached hydrogen (secondary N) is 1. The van der Waals surface area contributed by atoms with Gasteiger partial charge in [-0.15, -0.1) is 0 Å². The van der Waals surface area contributed by atoms with Gasteiger partial charge in [0.2, 0.25) is 5.82 Å². The molecular weight excluding hydrogens is 257 g/mol. The van der Waals surface area contributed by atoms with Gasteiger partial charge in [0.1, 0.15) is 6.08 Å². The van der Waals surface area contributed by atoms with Crippen molar-refractivity contribution in [1.29, 1.82) is 0 Å². The third kappa shape index (κ3) is 1.97. The molecule has 0 amide bonds. The second kappa shape index (κ2) is 4.81. The molecule has 7 heteroatoms. The molecule has 1 heterocycles. The number of halogens is 5. The number of benzene rings is 1. The van der Waals surface area contributed by atoms with Crippen molar-refractivity contribution in [3.05, 3.63) is 34.6 Å². The summed E-state index contributed by atoms with van der Waals surface area (Å²) in [5.74, 6) is -11.0. The van der Waals surface area contributed by atoms with Crippen LogP contribution in [-0.4, -0.2) is 17.7 Å². The third-order valence-corrected chi connectivity index (χ3v) is 2.86. The zero-order valence-electron chi connectivity index (χ0n) is 10.0. The lowest BCUT2D eigenvalue weighted by molar-refractivity contribution is 0.125. The smallest absolute Gasteiger partial charge is 0.200 e. The van der Waals surface area contributed by atoms with E-state index in [9.17, 15) is 27.1 Å². The van der Waals surface area contributed by atoms with Gasteiger partial charge in [-0.25, -0.2) is 22.0 Å². The van der Waals surface area contributed by atoms with Crippen LogP contribution in [0.15, 0.2) is 0 Å². The van der Waals surface area contributed by atoms with Crippen LogP contribution in [0.4, 0.5) is 22.0 Å². The van der Waals surface area contributed by atoms with Crippen molar-refractivity contribution < 1.29 is 28.4 Å². The SMILES string of the molecule is [2H][C@@](O)(c1c(F)c(F)c(F)c(F)c1F)[C@@H]1CCCN1. The summed E-state index contributed by atoms with van der Waals surface area (Å²) in [4.78, 5) is 0. The van der Waals surface area contributed by atoms with Crippen molar-refractivity contribution in [3.8, 4) is 0 Å². The first-order valence-electron chi connectivity index (χ1n) is 5.76. The summed E-state index contributed by atoms with van der Waals surface area (Å²) < 4.78 is 73.6. The van der Waals surface area contributed by atoms with E-state index in [4.69, 9.17) is 1.37 Å². The van der Waals surface area contributed by atoms with Gasteiger partial charge in [-0.3, -0.25) is 0 Å². The molecule has 0 aliphatic carbocycles. The lowest BCUT2D eigenvalue weighted by atomic mass is 9.99. The van der Waals surface area contributed by atoms with Crippen molar-refractivity contribution >= 4 is 0 Å². The Morgan fingerprint density at radius 1 is 1.06 bits per heavy atom. The number of hydrogen-bond acceptors (Lipinski definition) is 2. The third-order valence-electron chi connectivity index (χ3n) is 2.86. The number of hydrogen-bond donors (Lipinski definition) is 2. The Morgan fingerprint density at radius 3 is 2.00 bits per heavy atom. The van der Waals surface area contributed by atoms with Gasteiger partial charge in [-0.2, -0.15) is 0 Å². The van der Waals surface area contributed by atoms with Crippen LogP contribution in [0.5, 0.6) is 0 Å². The molecule has 18 heavy (non-hydrogen) atoms. The molecule has 2 nitrogen and oxygen atoms in total. The summed E-state index contributed by atoms with van der Waals surface area (Å²) in [7, 11) is 0. The Morgan fingerprint density at radius 2 is 1.56 bits per heavy atom. The van der Waals surface area contributed by atoms with Gasteiger partial charge in [-0.05, 0) is 19.4 Å². The van der Waals surface area contributed by atoms with Crippen LogP contribution in [0.2, 0.25) is 0 Å². The largest absolute Gasteiger partial charge is 0.387 e. The fraction of sp³-hybridized carbons (Fsp3) is 0.455. The van der Waals surface area contributed by atoms with E-state index in [-0.39, 0.29) is 6.42 Å². The van der Waals surface area contributed by atoms with E-state index in [0.717, 1.165) is 0 Å². The van der Waals surface area contributed by atoms with Crippen molar-refractivity contribution in [2.45, 2.75) is 25.0 Å². The summed E-state index contributed by atoms with van der Waals surface area (Å²) in [5.41, 5.74) is -1.52. The second-order valence-corrected chi connectivity index (χ2v) is 3.98. The van der Waals surface area contributed by atoms with Crippen LogP contribution in [0.25, 0.3) is 0 Å². The van der Waals surface area contributed by atoms with E-state index in [1.54, 1.807) is 0 Å². The molecule has 0 spiro atoms. The van der Waals surface area contributed by atoms with Crippen LogP contribution >= 0.6 is 0 Å². The van der Waals surface area contributed by atoms with Gasteiger partial charge >= 0.3 is 0 Å². The Kier molecular flexibility index (Phi) is 3.17. The molecule has 2 N–H and O–H groups in total. The van der Waals surface area contributed by atoms with Crippen molar-refractivity contribution in [3.63, 3.8) is 0 Å². The Balaban J connectivity index is 2.61. The van der Waals surface area contributed by atoms with E-state index in [1.807, 2.05) is 0 Å². The molecule has 0 aromatic heterocycles. The van der Waals surface area contributed by atoms with Gasteiger partial charge < -0.3 is 10.4 Å². The summed E-state index contributed by atoms with van der Waals surface area (Å²) in [6.07, 6.45) is -2.21. The average molecular weight is 268 g/mol. The molecule has 0 saturated carbocycles. The fourth-order valence-electron chi connectivity index (χ4n) is 1.92. The van der Waals surface area contributed by atoms with Gasteiger partial charge in [0, 0.05) is 6.04 Å². The molecule has 1 fully saturated rings. The lowest BCUT2D eigenvalue weighted by Gasteiger charge is -2.20. The molecule has 0 unspecified atom stereocenters. The van der Waals surface area contributed by atoms with Crippen molar-refractivity contribution in [2.24, 2.45) is 0 Å². The highest BCUT2D eigenvalue weighted by molar-refractivity contribution is 5.27. The maximum atomic E-state index is 13.5. The minimum Gasteiger partial charge on any atom is -0.387 e. The maximum Gasteiger partial charge on any atom is 0.200 e. The quantitative estimate of drug-likeness (QED) is 0.489. The zero-order valence-corrected chi connectivity index (χ0v) is 9.04. The van der Waals surface area contributed by atoms with Crippen LogP contribution in [-0.2, 0) is 0 Å². The average Bonchev–Trinajstić information content (AvgIpc) is 2.88. The van der Waals surface area contributed by atoms with Crippen LogP contribution < -0.4 is 5.32 Å². The van der Waals surface area contributed by atoms with Crippen LogP contribution in [0.3, 0.4) is 0 Å². The molecule has 1 aromatic carbocycles. The predicted octanol–water partition coefficient (Wildman–Crippen LogP) is 2.17. The van der Waals surface area contributed by atoms with Gasteiger partial charge in [0.25, 0.3) is 0 Å². The van der Waals surface area contributed by atoms with E-state index in [1.165, 1.54) is 0 Å². The predicted molar refractivity (Wildman–Crippen MR) is 52.2 cm³/mol. The lowest BCUT2D eigenvalue weighted by Crippen LogP contribution is -2.30. The first-order valence-corrected chi connectivity index (χ1v) is 5.26. The Labute approximate surface area is 101 Å². The highest BCUT2D eigenvalue weighted by atomic mass is 19.2. The zero-order chi connectivity index (χ0) is 14.4. The normalized spacial score (nSPS) is 23.9. The summed E-state index contributed by atoms with van der Waals surface area (Å²) in [5, 5.41) is 12.4. The van der Waals surface area contributed by atoms with E-state index in [2.05, 4.69) is 5.32 Å². The molecule has 1 aliphatic rings. The maximum absolute atomic E-state index is 13.5. The van der Waals surface area contributed by atoms with Gasteiger partial charge in [-0.1, -0.05) is 0 Å². The molecule has 1 aliphatic heterocycles. The van der Waals surface area contributed by atoms with E-state index in [0.29, 0.717) is 13.0 Å². The van der Waals surface area contributed by atoms with Gasteiger partial charge in [0.15, 0.2) is 23.3 Å². The minimum atomic E-state index is -2.93. The highest BCUT2D eigenvalue weighted by Crippen LogP contribution is 2.31. The van der Waals surface area contributed by atoms with Gasteiger partial charge in [0.05, 0.1) is 6.93 Å². The molecule has 1 aromatic rings. The summed E-state index contributed by atoms with van der Waals surface area (Å²) >= 11 is 0. The first-order chi connectivity index (χ1) is 8.78. The molecule has 2 atom stereocenters. The summed E-state index contributed by atoms with van der Waals surface area (Å²) in [6, 6.07) is -1.10. The highest BCUT2D eigenvalue weighted by Gasteiger charge is 2.34. The fourth-order valence-corrected chi connectivity index (χ4v) is 1.92. The minimum absolute atomic E-state index is 0.194. The molecule has 2 rings (SSSR count). The Hall–Kier alpha value is -1.21. The topological polar surface area (TPSA) is 32.3 Å². The molecule has 0 radical (unpaired) electrons. The standard InChI is InChI=1S/C11H10F5NO/c12-6-5(11(18)4-2-1-3-17-4)7(13)9(15)10(16)8(6)14/h4,11,17-18H,1-3H2/t4-,11-/m0/s1/i11D. The summed E-state index contributed by atoms with van der Waals surface area (Å²) in [6.45, 7) is 0.390. The molecule has 100 valence electrons. The number of rotatable bonds is 2. The monoisotopic (exact) mass is 268 g/mol. The molecule has 1 saturated heterocycles.